The molecule has 0 bridgehead atoms. The number of hydrogen-bond acceptors (Lipinski definition) is 2. The first-order valence-corrected chi connectivity index (χ1v) is 5.91. The zero-order valence-corrected chi connectivity index (χ0v) is 9.32. The molecule has 2 unspecified atom stereocenters. The number of aliphatic hydroxyl groups is 1. The Labute approximate surface area is 95.5 Å². The number of aryl methyl sites for hydroxylation is 1. The maximum atomic E-state index is 12.7. The van der Waals surface area contributed by atoms with Crippen LogP contribution in [-0.2, 0) is 6.42 Å². The minimum absolute atomic E-state index is 0.207. The molecule has 16 heavy (non-hydrogen) atoms. The summed E-state index contributed by atoms with van der Waals surface area (Å²) in [5, 5.41) is 13.2. The molecule has 0 saturated carbocycles. The monoisotopic (exact) mass is 223 g/mol. The smallest absolute Gasteiger partial charge is 0.123 e. The van der Waals surface area contributed by atoms with Gasteiger partial charge in [-0.2, -0.15) is 0 Å². The van der Waals surface area contributed by atoms with E-state index in [0.717, 1.165) is 37.8 Å². The molecule has 1 aromatic rings. The molecule has 3 heteroatoms. The molecule has 0 aromatic heterocycles. The summed E-state index contributed by atoms with van der Waals surface area (Å²) in [6, 6.07) is 6.75. The van der Waals surface area contributed by atoms with Crippen molar-refractivity contribution in [2.75, 3.05) is 6.54 Å². The summed E-state index contributed by atoms with van der Waals surface area (Å²) in [7, 11) is 0. The van der Waals surface area contributed by atoms with Gasteiger partial charge >= 0.3 is 0 Å². The van der Waals surface area contributed by atoms with E-state index in [0.29, 0.717) is 0 Å². The number of aliphatic hydroxyl groups excluding tert-OH is 1. The molecule has 1 aliphatic rings. The van der Waals surface area contributed by atoms with E-state index >= 15 is 0 Å². The van der Waals surface area contributed by atoms with Gasteiger partial charge in [0.05, 0.1) is 6.10 Å². The molecular formula is C13H18FNO. The lowest BCUT2D eigenvalue weighted by atomic mass is 10.0. The Kier molecular flexibility index (Phi) is 3.91. The van der Waals surface area contributed by atoms with Gasteiger partial charge in [0.25, 0.3) is 0 Å². The van der Waals surface area contributed by atoms with E-state index in [4.69, 9.17) is 0 Å². The van der Waals surface area contributed by atoms with Crippen LogP contribution >= 0.6 is 0 Å². The number of halogens is 1. The zero-order chi connectivity index (χ0) is 11.4. The van der Waals surface area contributed by atoms with E-state index in [1.54, 1.807) is 12.1 Å². The van der Waals surface area contributed by atoms with Crippen LogP contribution in [0.5, 0.6) is 0 Å². The van der Waals surface area contributed by atoms with Gasteiger partial charge in [-0.15, -0.1) is 0 Å². The summed E-state index contributed by atoms with van der Waals surface area (Å²) in [4.78, 5) is 0. The van der Waals surface area contributed by atoms with E-state index in [2.05, 4.69) is 5.32 Å². The second-order valence-electron chi connectivity index (χ2n) is 4.44. The molecule has 2 rings (SSSR count). The van der Waals surface area contributed by atoms with Crippen molar-refractivity contribution in [2.45, 2.75) is 37.8 Å². The van der Waals surface area contributed by atoms with Crippen LogP contribution in [0.1, 0.15) is 24.8 Å². The Bertz CT molecular complexity index is 319. The van der Waals surface area contributed by atoms with Gasteiger partial charge < -0.3 is 10.4 Å². The van der Waals surface area contributed by atoms with Crippen molar-refractivity contribution in [3.63, 3.8) is 0 Å². The van der Waals surface area contributed by atoms with Crippen molar-refractivity contribution >= 4 is 0 Å². The molecule has 1 aromatic carbocycles. The summed E-state index contributed by atoms with van der Waals surface area (Å²) in [6.45, 7) is 1.01. The van der Waals surface area contributed by atoms with Crippen molar-refractivity contribution < 1.29 is 9.50 Å². The topological polar surface area (TPSA) is 32.3 Å². The summed E-state index contributed by atoms with van der Waals surface area (Å²) in [5.41, 5.74) is 1.08. The van der Waals surface area contributed by atoms with Crippen molar-refractivity contribution in [1.82, 2.24) is 5.32 Å². The van der Waals surface area contributed by atoms with Crippen molar-refractivity contribution in [3.8, 4) is 0 Å². The third kappa shape index (κ3) is 3.03. The Morgan fingerprint density at radius 2 is 2.12 bits per heavy atom. The fourth-order valence-electron chi connectivity index (χ4n) is 2.21. The van der Waals surface area contributed by atoms with Crippen LogP contribution in [0.15, 0.2) is 24.3 Å². The first kappa shape index (κ1) is 11.6. The van der Waals surface area contributed by atoms with E-state index in [9.17, 15) is 9.50 Å². The Morgan fingerprint density at radius 1 is 1.38 bits per heavy atom. The fraction of sp³-hybridized carbons (Fsp3) is 0.538. The van der Waals surface area contributed by atoms with Crippen LogP contribution in [0, 0.1) is 5.82 Å². The van der Waals surface area contributed by atoms with Gasteiger partial charge in [0, 0.05) is 6.04 Å². The Morgan fingerprint density at radius 3 is 2.75 bits per heavy atom. The van der Waals surface area contributed by atoms with Crippen LogP contribution in [0.2, 0.25) is 0 Å². The summed E-state index contributed by atoms with van der Waals surface area (Å²) in [6.07, 6.45) is 3.47. The normalized spacial score (nSPS) is 22.2. The van der Waals surface area contributed by atoms with Gasteiger partial charge in [0.15, 0.2) is 0 Å². The first-order valence-electron chi connectivity index (χ1n) is 5.91. The van der Waals surface area contributed by atoms with Gasteiger partial charge in [0.2, 0.25) is 0 Å². The van der Waals surface area contributed by atoms with E-state index < -0.39 is 0 Å². The van der Waals surface area contributed by atoms with Gasteiger partial charge in [-0.25, -0.2) is 4.39 Å². The third-order valence-electron chi connectivity index (χ3n) is 3.20. The molecule has 1 saturated heterocycles. The molecule has 0 spiro atoms. The molecule has 1 heterocycles. The van der Waals surface area contributed by atoms with Crippen LogP contribution in [0.3, 0.4) is 0 Å². The lowest BCUT2D eigenvalue weighted by molar-refractivity contribution is 0.127. The number of nitrogens with one attached hydrogen (secondary N) is 1. The summed E-state index contributed by atoms with van der Waals surface area (Å²) >= 11 is 0. The average Bonchev–Trinajstić information content (AvgIpc) is 2.81. The second kappa shape index (κ2) is 5.41. The first-order chi connectivity index (χ1) is 7.75. The quantitative estimate of drug-likeness (QED) is 0.816. The Hall–Kier alpha value is -0.930. The predicted octanol–water partition coefficient (Wildman–Crippen LogP) is 1.87. The lowest BCUT2D eigenvalue weighted by Crippen LogP contribution is -2.34. The number of hydrogen-bond donors (Lipinski definition) is 2. The van der Waals surface area contributed by atoms with Gasteiger partial charge in [-0.3, -0.25) is 0 Å². The maximum Gasteiger partial charge on any atom is 0.123 e. The van der Waals surface area contributed by atoms with Crippen LogP contribution in [-0.4, -0.2) is 23.8 Å². The molecule has 1 fully saturated rings. The molecule has 1 aliphatic heterocycles. The number of rotatable bonds is 4. The highest BCUT2D eigenvalue weighted by molar-refractivity contribution is 5.16. The molecule has 88 valence electrons. The lowest BCUT2D eigenvalue weighted by Gasteiger charge is -2.17. The van der Waals surface area contributed by atoms with E-state index in [-0.39, 0.29) is 18.0 Å². The van der Waals surface area contributed by atoms with Crippen molar-refractivity contribution in [3.05, 3.63) is 35.6 Å². The fourth-order valence-corrected chi connectivity index (χ4v) is 2.21. The Balaban J connectivity index is 1.80. The van der Waals surface area contributed by atoms with E-state index in [1.165, 1.54) is 12.1 Å². The standard InChI is InChI=1S/C13H18FNO/c14-11-6-3-10(4-7-11)5-8-13(16)12-2-1-9-15-12/h3-4,6-7,12-13,15-16H,1-2,5,8-9H2. The summed E-state index contributed by atoms with van der Waals surface area (Å²) < 4.78 is 12.7. The van der Waals surface area contributed by atoms with Crippen LogP contribution in [0.25, 0.3) is 0 Å². The molecule has 2 nitrogen and oxygen atoms in total. The maximum absolute atomic E-state index is 12.7. The highest BCUT2D eigenvalue weighted by Gasteiger charge is 2.21. The molecule has 2 atom stereocenters. The second-order valence-corrected chi connectivity index (χ2v) is 4.44. The van der Waals surface area contributed by atoms with Crippen molar-refractivity contribution in [1.29, 1.82) is 0 Å². The molecule has 0 radical (unpaired) electrons. The van der Waals surface area contributed by atoms with Crippen LogP contribution < -0.4 is 5.32 Å². The third-order valence-corrected chi connectivity index (χ3v) is 3.20. The summed E-state index contributed by atoms with van der Waals surface area (Å²) in [5.74, 6) is -0.207. The SMILES string of the molecule is OC(CCc1ccc(F)cc1)C1CCCN1. The van der Waals surface area contributed by atoms with E-state index in [1.807, 2.05) is 0 Å². The molecule has 0 amide bonds. The van der Waals surface area contributed by atoms with Gasteiger partial charge in [0.1, 0.15) is 5.82 Å². The molecular weight excluding hydrogens is 205 g/mol. The molecule has 0 aliphatic carbocycles. The predicted molar refractivity (Wildman–Crippen MR) is 61.8 cm³/mol. The minimum Gasteiger partial charge on any atom is -0.391 e. The highest BCUT2D eigenvalue weighted by Crippen LogP contribution is 2.14. The zero-order valence-electron chi connectivity index (χ0n) is 9.32. The highest BCUT2D eigenvalue weighted by atomic mass is 19.1. The van der Waals surface area contributed by atoms with Crippen LogP contribution in [0.4, 0.5) is 4.39 Å². The number of benzene rings is 1. The van der Waals surface area contributed by atoms with Gasteiger partial charge in [-0.1, -0.05) is 12.1 Å². The molecule has 2 N–H and O–H groups in total. The largest absolute Gasteiger partial charge is 0.391 e. The van der Waals surface area contributed by atoms with Crippen molar-refractivity contribution in [2.24, 2.45) is 0 Å². The average molecular weight is 223 g/mol. The van der Waals surface area contributed by atoms with Gasteiger partial charge in [-0.05, 0) is 49.9 Å². The minimum atomic E-state index is -0.285.